The quantitative estimate of drug-likeness (QED) is 0.413. The van der Waals surface area contributed by atoms with Crippen LogP contribution in [0, 0.1) is 0 Å². The summed E-state index contributed by atoms with van der Waals surface area (Å²) in [6.45, 7) is 0.591. The largest absolute Gasteiger partial charge is 0.353 e. The monoisotopic (exact) mass is 336 g/mol. The van der Waals surface area contributed by atoms with Crippen LogP contribution >= 0.6 is 0 Å². The Morgan fingerprint density at radius 2 is 1.96 bits per heavy atom. The van der Waals surface area contributed by atoms with Crippen LogP contribution < -0.4 is 15.4 Å². The standard InChI is InChI=1S/C16H24N4O2S/c1-17-16(20-15-8-3-4-9-15)19-11-13-6-5-7-14(10-13)12-23(21,22)18-2/h3-7,10,15,18H,8-9,11-12H2,1-2H3,(H2,17,19,20). The van der Waals surface area contributed by atoms with Crippen molar-refractivity contribution in [3.8, 4) is 0 Å². The molecule has 0 unspecified atom stereocenters. The fraction of sp³-hybridized carbons (Fsp3) is 0.438. The summed E-state index contributed by atoms with van der Waals surface area (Å²) in [6.07, 6.45) is 6.35. The molecule has 1 aliphatic carbocycles. The first kappa shape index (κ1) is 17.5. The van der Waals surface area contributed by atoms with E-state index in [4.69, 9.17) is 0 Å². The Hall–Kier alpha value is -1.86. The van der Waals surface area contributed by atoms with E-state index in [1.807, 2.05) is 24.3 Å². The minimum absolute atomic E-state index is 0.0158. The predicted molar refractivity (Wildman–Crippen MR) is 93.6 cm³/mol. The van der Waals surface area contributed by atoms with Gasteiger partial charge >= 0.3 is 0 Å². The summed E-state index contributed by atoms with van der Waals surface area (Å²) in [5, 5.41) is 6.63. The zero-order chi connectivity index (χ0) is 16.7. The fourth-order valence-corrected chi connectivity index (χ4v) is 3.19. The number of aliphatic imine (C=N–C) groups is 1. The van der Waals surface area contributed by atoms with E-state index < -0.39 is 10.0 Å². The fourth-order valence-electron chi connectivity index (χ4n) is 2.43. The molecule has 1 aromatic rings. The van der Waals surface area contributed by atoms with E-state index in [1.54, 1.807) is 7.05 Å². The number of hydrogen-bond acceptors (Lipinski definition) is 3. The number of nitrogens with one attached hydrogen (secondary N) is 3. The Labute approximate surface area is 138 Å². The number of hydrogen-bond donors (Lipinski definition) is 3. The molecule has 0 fully saturated rings. The van der Waals surface area contributed by atoms with Crippen LogP contribution in [0.4, 0.5) is 0 Å². The van der Waals surface area contributed by atoms with Crippen molar-refractivity contribution >= 4 is 16.0 Å². The molecule has 0 aromatic heterocycles. The van der Waals surface area contributed by atoms with Crippen molar-refractivity contribution < 1.29 is 8.42 Å². The highest BCUT2D eigenvalue weighted by Crippen LogP contribution is 2.10. The smallest absolute Gasteiger partial charge is 0.215 e. The van der Waals surface area contributed by atoms with Crippen LogP contribution in [0.5, 0.6) is 0 Å². The van der Waals surface area contributed by atoms with Crippen molar-refractivity contribution in [1.29, 1.82) is 0 Å². The minimum Gasteiger partial charge on any atom is -0.353 e. The van der Waals surface area contributed by atoms with Crippen LogP contribution in [0.3, 0.4) is 0 Å². The van der Waals surface area contributed by atoms with Crippen molar-refractivity contribution in [2.24, 2.45) is 4.99 Å². The van der Waals surface area contributed by atoms with Gasteiger partial charge in [-0.15, -0.1) is 0 Å². The highest BCUT2D eigenvalue weighted by atomic mass is 32.2. The molecule has 0 atom stereocenters. The zero-order valence-corrected chi connectivity index (χ0v) is 14.4. The van der Waals surface area contributed by atoms with Gasteiger partial charge in [0.15, 0.2) is 5.96 Å². The van der Waals surface area contributed by atoms with E-state index in [9.17, 15) is 8.42 Å². The molecule has 126 valence electrons. The summed E-state index contributed by atoms with van der Waals surface area (Å²) >= 11 is 0. The lowest BCUT2D eigenvalue weighted by Gasteiger charge is -2.17. The summed E-state index contributed by atoms with van der Waals surface area (Å²) in [5.41, 5.74) is 1.78. The molecule has 3 N–H and O–H groups in total. The summed E-state index contributed by atoms with van der Waals surface area (Å²) < 4.78 is 25.6. The lowest BCUT2D eigenvalue weighted by molar-refractivity contribution is 0.587. The van der Waals surface area contributed by atoms with Gasteiger partial charge in [0.1, 0.15) is 0 Å². The average Bonchev–Trinajstić information content (AvgIpc) is 3.04. The number of benzene rings is 1. The summed E-state index contributed by atoms with van der Waals surface area (Å²) in [6, 6.07) is 7.94. The van der Waals surface area contributed by atoms with Crippen LogP contribution in [0.1, 0.15) is 24.0 Å². The lowest BCUT2D eigenvalue weighted by Crippen LogP contribution is -2.42. The Balaban J connectivity index is 1.92. The van der Waals surface area contributed by atoms with Crippen LogP contribution in [-0.4, -0.2) is 34.5 Å². The van der Waals surface area contributed by atoms with Gasteiger partial charge in [0, 0.05) is 19.6 Å². The van der Waals surface area contributed by atoms with E-state index in [0.717, 1.165) is 29.9 Å². The molecule has 0 saturated carbocycles. The molecule has 2 rings (SSSR count). The SMILES string of the molecule is CN=C(NCc1cccc(CS(=O)(=O)NC)c1)NC1CC=CC1. The molecule has 0 spiro atoms. The number of guanidine groups is 1. The highest BCUT2D eigenvalue weighted by molar-refractivity contribution is 7.88. The second kappa shape index (κ2) is 8.12. The van der Waals surface area contributed by atoms with Crippen LogP contribution in [0.2, 0.25) is 0 Å². The molecule has 6 nitrogen and oxygen atoms in total. The van der Waals surface area contributed by atoms with E-state index in [-0.39, 0.29) is 5.75 Å². The van der Waals surface area contributed by atoms with Crippen molar-refractivity contribution in [3.63, 3.8) is 0 Å². The first-order valence-electron chi connectivity index (χ1n) is 7.63. The van der Waals surface area contributed by atoms with Crippen LogP contribution in [-0.2, 0) is 22.3 Å². The Morgan fingerprint density at radius 3 is 2.61 bits per heavy atom. The Morgan fingerprint density at radius 1 is 1.26 bits per heavy atom. The molecule has 1 aliphatic rings. The zero-order valence-electron chi connectivity index (χ0n) is 13.5. The van der Waals surface area contributed by atoms with Gasteiger partial charge in [0.25, 0.3) is 0 Å². The van der Waals surface area contributed by atoms with Gasteiger partial charge in [-0.3, -0.25) is 4.99 Å². The molecule has 0 bridgehead atoms. The molecule has 0 aliphatic heterocycles. The third-order valence-corrected chi connectivity index (χ3v) is 5.03. The molecule has 0 amide bonds. The van der Waals surface area contributed by atoms with Gasteiger partial charge in [-0.05, 0) is 31.0 Å². The van der Waals surface area contributed by atoms with E-state index >= 15 is 0 Å². The summed E-state index contributed by atoms with van der Waals surface area (Å²) in [5.74, 6) is 0.741. The van der Waals surface area contributed by atoms with E-state index in [0.29, 0.717) is 12.6 Å². The second-order valence-corrected chi connectivity index (χ2v) is 7.42. The van der Waals surface area contributed by atoms with Crippen molar-refractivity contribution in [1.82, 2.24) is 15.4 Å². The minimum atomic E-state index is -3.25. The summed E-state index contributed by atoms with van der Waals surface area (Å²) in [4.78, 5) is 4.22. The van der Waals surface area contributed by atoms with E-state index in [1.165, 1.54) is 7.05 Å². The second-order valence-electron chi connectivity index (χ2n) is 5.49. The normalized spacial score (nSPS) is 15.8. The third-order valence-electron chi connectivity index (χ3n) is 3.69. The number of rotatable bonds is 6. The molecular weight excluding hydrogens is 312 g/mol. The van der Waals surface area contributed by atoms with Gasteiger partial charge in [-0.2, -0.15) is 0 Å². The molecule has 0 radical (unpaired) electrons. The topological polar surface area (TPSA) is 82.6 Å². The molecule has 23 heavy (non-hydrogen) atoms. The molecule has 0 saturated heterocycles. The van der Waals surface area contributed by atoms with Gasteiger partial charge in [-0.25, -0.2) is 13.1 Å². The van der Waals surface area contributed by atoms with E-state index in [2.05, 4.69) is 32.5 Å². The van der Waals surface area contributed by atoms with Crippen LogP contribution in [0.15, 0.2) is 41.4 Å². The summed E-state index contributed by atoms with van der Waals surface area (Å²) in [7, 11) is -0.0858. The maximum Gasteiger partial charge on any atom is 0.215 e. The third kappa shape index (κ3) is 5.69. The first-order valence-corrected chi connectivity index (χ1v) is 9.29. The Bertz CT molecular complexity index is 675. The number of nitrogens with zero attached hydrogens (tertiary/aromatic N) is 1. The van der Waals surface area contributed by atoms with Gasteiger partial charge in [-0.1, -0.05) is 36.4 Å². The van der Waals surface area contributed by atoms with Gasteiger partial charge in [0.05, 0.1) is 5.75 Å². The lowest BCUT2D eigenvalue weighted by atomic mass is 10.1. The average molecular weight is 336 g/mol. The Kier molecular flexibility index (Phi) is 6.18. The van der Waals surface area contributed by atoms with Crippen LogP contribution in [0.25, 0.3) is 0 Å². The molecule has 0 heterocycles. The highest BCUT2D eigenvalue weighted by Gasteiger charge is 2.12. The van der Waals surface area contributed by atoms with Gasteiger partial charge in [0.2, 0.25) is 10.0 Å². The maximum absolute atomic E-state index is 11.6. The number of sulfonamides is 1. The molecule has 1 aromatic carbocycles. The first-order chi connectivity index (χ1) is 11.0. The van der Waals surface area contributed by atoms with Gasteiger partial charge < -0.3 is 10.6 Å². The van der Waals surface area contributed by atoms with Crippen molar-refractivity contribution in [2.75, 3.05) is 14.1 Å². The predicted octanol–water partition coefficient (Wildman–Crippen LogP) is 1.12. The molecule has 7 heteroatoms. The maximum atomic E-state index is 11.6. The van der Waals surface area contributed by atoms with Crippen molar-refractivity contribution in [2.45, 2.75) is 31.2 Å². The van der Waals surface area contributed by atoms with Crippen molar-refractivity contribution in [3.05, 3.63) is 47.5 Å². The molecular formula is C16H24N4O2S.